The summed E-state index contributed by atoms with van der Waals surface area (Å²) in [6.07, 6.45) is 1.96. The molecule has 1 atom stereocenters. The molecule has 0 amide bonds. The Morgan fingerprint density at radius 2 is 2.17 bits per heavy atom. The molecule has 1 saturated heterocycles. The molecule has 1 heterocycles. The number of hydrogen-bond donors (Lipinski definition) is 0. The molecule has 1 aliphatic rings. The molecule has 1 unspecified atom stereocenters. The summed E-state index contributed by atoms with van der Waals surface area (Å²) in [6, 6.07) is 6.04. The van der Waals surface area contributed by atoms with Gasteiger partial charge in [0.15, 0.2) is 6.29 Å². The van der Waals surface area contributed by atoms with Crippen molar-refractivity contribution in [3.8, 4) is 0 Å². The van der Waals surface area contributed by atoms with Crippen LogP contribution in [0.25, 0.3) is 0 Å². The predicted octanol–water partition coefficient (Wildman–Crippen LogP) is 2.68. The number of aldehydes is 1. The highest BCUT2D eigenvalue weighted by Crippen LogP contribution is 2.28. The molecule has 1 fully saturated rings. The van der Waals surface area contributed by atoms with Crippen LogP contribution in [-0.2, 0) is 0 Å². The van der Waals surface area contributed by atoms with Gasteiger partial charge in [0.25, 0.3) is 0 Å². The minimum Gasteiger partial charge on any atom is -0.367 e. The molecule has 98 valence electrons. The molecule has 0 spiro atoms. The van der Waals surface area contributed by atoms with Crippen molar-refractivity contribution in [1.29, 1.82) is 0 Å². The van der Waals surface area contributed by atoms with Gasteiger partial charge in [-0.25, -0.2) is 0 Å². The zero-order valence-electron chi connectivity index (χ0n) is 10.9. The lowest BCUT2D eigenvalue weighted by Gasteiger charge is -2.31. The zero-order valence-corrected chi connectivity index (χ0v) is 11.7. The smallest absolute Gasteiger partial charge is 0.153 e. The van der Waals surface area contributed by atoms with E-state index in [1.807, 2.05) is 12.1 Å². The van der Waals surface area contributed by atoms with Crippen LogP contribution in [0, 0.1) is 0 Å². The maximum atomic E-state index is 11.2. The van der Waals surface area contributed by atoms with Gasteiger partial charge in [-0.1, -0.05) is 17.7 Å². The number of likely N-dealkylation sites (N-methyl/N-ethyl adjacent to an activating group) is 1. The summed E-state index contributed by atoms with van der Waals surface area (Å²) >= 11 is 6.10. The molecular formula is C14H19ClN2O. The van der Waals surface area contributed by atoms with E-state index in [9.17, 15) is 4.79 Å². The van der Waals surface area contributed by atoms with Crippen LogP contribution in [0.5, 0.6) is 0 Å². The molecule has 2 rings (SSSR count). The first-order valence-corrected chi connectivity index (χ1v) is 6.70. The number of carbonyl (C=O) groups excluding carboxylic acids is 1. The second-order valence-electron chi connectivity index (χ2n) is 4.95. The molecule has 1 aromatic rings. The highest BCUT2D eigenvalue weighted by molar-refractivity contribution is 6.33. The van der Waals surface area contributed by atoms with Crippen LogP contribution >= 0.6 is 11.6 Å². The third-order valence-corrected chi connectivity index (χ3v) is 3.83. The van der Waals surface area contributed by atoms with E-state index in [0.717, 1.165) is 38.0 Å². The monoisotopic (exact) mass is 266 g/mol. The lowest BCUT2D eigenvalue weighted by Crippen LogP contribution is -2.38. The largest absolute Gasteiger partial charge is 0.367 e. The van der Waals surface area contributed by atoms with E-state index >= 15 is 0 Å². The summed E-state index contributed by atoms with van der Waals surface area (Å²) in [4.78, 5) is 15.8. The van der Waals surface area contributed by atoms with Crippen molar-refractivity contribution in [3.05, 3.63) is 28.8 Å². The molecule has 0 bridgehead atoms. The van der Waals surface area contributed by atoms with E-state index in [1.165, 1.54) is 0 Å². The maximum Gasteiger partial charge on any atom is 0.153 e. The van der Waals surface area contributed by atoms with Gasteiger partial charge in [-0.3, -0.25) is 4.79 Å². The fraction of sp³-hybridized carbons (Fsp3) is 0.500. The van der Waals surface area contributed by atoms with Crippen LogP contribution in [0.2, 0.25) is 5.02 Å². The van der Waals surface area contributed by atoms with Gasteiger partial charge >= 0.3 is 0 Å². The van der Waals surface area contributed by atoms with Crippen molar-refractivity contribution < 1.29 is 4.79 Å². The second kappa shape index (κ2) is 5.72. The fourth-order valence-electron chi connectivity index (χ4n) is 2.62. The Hall–Kier alpha value is -1.06. The minimum absolute atomic E-state index is 0.384. The Morgan fingerprint density at radius 1 is 1.39 bits per heavy atom. The van der Waals surface area contributed by atoms with Gasteiger partial charge in [-0.15, -0.1) is 0 Å². The molecule has 1 aromatic carbocycles. The Labute approximate surface area is 113 Å². The molecular weight excluding hydrogens is 248 g/mol. The number of nitrogens with zero attached hydrogens (tertiary/aromatic N) is 2. The van der Waals surface area contributed by atoms with Gasteiger partial charge in [0.2, 0.25) is 0 Å². The van der Waals surface area contributed by atoms with Crippen molar-refractivity contribution >= 4 is 23.6 Å². The summed E-state index contributed by atoms with van der Waals surface area (Å²) < 4.78 is 0. The third kappa shape index (κ3) is 2.68. The highest BCUT2D eigenvalue weighted by atomic mass is 35.5. The van der Waals surface area contributed by atoms with Crippen LogP contribution in [0.1, 0.15) is 23.7 Å². The highest BCUT2D eigenvalue weighted by Gasteiger charge is 2.22. The summed E-state index contributed by atoms with van der Waals surface area (Å²) in [5.41, 5.74) is 1.57. The van der Waals surface area contributed by atoms with Gasteiger partial charge in [-0.2, -0.15) is 0 Å². The standard InChI is InChI=1S/C14H19ClN2O/c1-11-9-16(2)7-4-8-17(11)14-6-3-5-13(15)12(14)10-18/h3,5-6,10-11H,4,7-9H2,1-2H3. The first-order valence-electron chi connectivity index (χ1n) is 6.32. The summed E-state index contributed by atoms with van der Waals surface area (Å²) in [5, 5.41) is 0.535. The predicted molar refractivity (Wildman–Crippen MR) is 75.8 cm³/mol. The van der Waals surface area contributed by atoms with Gasteiger partial charge in [0, 0.05) is 24.8 Å². The van der Waals surface area contributed by atoms with E-state index in [0.29, 0.717) is 16.6 Å². The lowest BCUT2D eigenvalue weighted by atomic mass is 10.1. The second-order valence-corrected chi connectivity index (χ2v) is 5.36. The normalized spacial score (nSPS) is 21.7. The number of anilines is 1. The van der Waals surface area contributed by atoms with Crippen molar-refractivity contribution in [3.63, 3.8) is 0 Å². The molecule has 0 saturated carbocycles. The van der Waals surface area contributed by atoms with Crippen LogP contribution in [0.3, 0.4) is 0 Å². The van der Waals surface area contributed by atoms with Crippen LogP contribution in [-0.4, -0.2) is 43.9 Å². The first kappa shape index (κ1) is 13.4. The SMILES string of the molecule is CC1CN(C)CCCN1c1cccc(Cl)c1C=O. The average molecular weight is 267 g/mol. The quantitative estimate of drug-likeness (QED) is 0.769. The Bertz CT molecular complexity index is 436. The molecule has 3 nitrogen and oxygen atoms in total. The van der Waals surface area contributed by atoms with Crippen LogP contribution in [0.15, 0.2) is 18.2 Å². The Morgan fingerprint density at radius 3 is 2.89 bits per heavy atom. The third-order valence-electron chi connectivity index (χ3n) is 3.50. The molecule has 0 aliphatic carbocycles. The molecule has 1 aliphatic heterocycles. The minimum atomic E-state index is 0.384. The Balaban J connectivity index is 2.35. The van der Waals surface area contributed by atoms with Gasteiger partial charge < -0.3 is 9.80 Å². The van der Waals surface area contributed by atoms with Crippen molar-refractivity contribution in [2.24, 2.45) is 0 Å². The van der Waals surface area contributed by atoms with Crippen molar-refractivity contribution in [2.75, 3.05) is 31.6 Å². The van der Waals surface area contributed by atoms with Crippen LogP contribution in [0.4, 0.5) is 5.69 Å². The molecule has 0 radical (unpaired) electrons. The van der Waals surface area contributed by atoms with E-state index < -0.39 is 0 Å². The topological polar surface area (TPSA) is 23.6 Å². The Kier molecular flexibility index (Phi) is 4.25. The zero-order chi connectivity index (χ0) is 13.1. The van der Waals surface area contributed by atoms with Gasteiger partial charge in [0.1, 0.15) is 0 Å². The molecule has 18 heavy (non-hydrogen) atoms. The van der Waals surface area contributed by atoms with E-state index in [2.05, 4.69) is 23.8 Å². The maximum absolute atomic E-state index is 11.2. The summed E-state index contributed by atoms with van der Waals surface area (Å²) in [5.74, 6) is 0. The first-order chi connectivity index (χ1) is 8.63. The summed E-state index contributed by atoms with van der Waals surface area (Å²) in [6.45, 7) is 5.26. The number of benzene rings is 1. The van der Waals surface area contributed by atoms with Gasteiger partial charge in [0.05, 0.1) is 10.6 Å². The van der Waals surface area contributed by atoms with E-state index in [1.54, 1.807) is 6.07 Å². The molecule has 0 aromatic heterocycles. The molecule has 4 heteroatoms. The van der Waals surface area contributed by atoms with E-state index in [-0.39, 0.29) is 0 Å². The number of rotatable bonds is 2. The van der Waals surface area contributed by atoms with Crippen molar-refractivity contribution in [2.45, 2.75) is 19.4 Å². The number of carbonyl (C=O) groups is 1. The molecule has 0 N–H and O–H groups in total. The summed E-state index contributed by atoms with van der Waals surface area (Å²) in [7, 11) is 2.14. The van der Waals surface area contributed by atoms with Crippen molar-refractivity contribution in [1.82, 2.24) is 4.90 Å². The van der Waals surface area contributed by atoms with Gasteiger partial charge in [-0.05, 0) is 39.1 Å². The van der Waals surface area contributed by atoms with Crippen LogP contribution < -0.4 is 4.90 Å². The number of hydrogen-bond acceptors (Lipinski definition) is 3. The van der Waals surface area contributed by atoms with E-state index in [4.69, 9.17) is 11.6 Å². The average Bonchev–Trinajstić information content (AvgIpc) is 2.49. The number of halogens is 1. The lowest BCUT2D eigenvalue weighted by molar-refractivity contribution is 0.112. The fourth-order valence-corrected chi connectivity index (χ4v) is 2.84.